The van der Waals surface area contributed by atoms with E-state index in [2.05, 4.69) is 80.4 Å². The molecule has 1 saturated heterocycles. The molecule has 1 aliphatic heterocycles. The predicted molar refractivity (Wildman–Crippen MR) is 160 cm³/mol. The van der Waals surface area contributed by atoms with E-state index in [1.165, 1.54) is 12.0 Å². The van der Waals surface area contributed by atoms with E-state index < -0.39 is 0 Å². The molecule has 0 spiro atoms. The van der Waals surface area contributed by atoms with Crippen LogP contribution in [0.1, 0.15) is 44.2 Å². The van der Waals surface area contributed by atoms with Crippen LogP contribution in [0.2, 0.25) is 0 Å². The molecule has 0 aliphatic carbocycles. The molecule has 3 heterocycles. The van der Waals surface area contributed by atoms with E-state index in [0.717, 1.165) is 78.1 Å². The number of aliphatic hydroxyl groups excluding tert-OH is 1. The number of anilines is 2. The topological polar surface area (TPSA) is 113 Å². The number of likely N-dealkylation sites (N-methyl/N-ethyl adjacent to an activating group) is 1. The largest absolute Gasteiger partial charge is 0.496 e. The van der Waals surface area contributed by atoms with E-state index in [9.17, 15) is 0 Å². The molecule has 9 nitrogen and oxygen atoms in total. The van der Waals surface area contributed by atoms with E-state index in [1.807, 2.05) is 6.07 Å². The Morgan fingerprint density at radius 3 is 2.67 bits per heavy atom. The van der Waals surface area contributed by atoms with Crippen molar-refractivity contribution in [1.82, 2.24) is 24.8 Å². The van der Waals surface area contributed by atoms with Gasteiger partial charge in [0.1, 0.15) is 16.8 Å². The highest BCUT2D eigenvalue weighted by Crippen LogP contribution is 2.34. The van der Waals surface area contributed by atoms with Gasteiger partial charge in [0.05, 0.1) is 19.2 Å². The monoisotopic (exact) mass is 533 g/mol. The highest BCUT2D eigenvalue weighted by atomic mass is 16.5. The Morgan fingerprint density at radius 1 is 1.15 bits per heavy atom. The summed E-state index contributed by atoms with van der Waals surface area (Å²) in [6.07, 6.45) is 3.36. The van der Waals surface area contributed by atoms with Crippen LogP contribution in [0.15, 0.2) is 42.5 Å². The lowest BCUT2D eigenvalue weighted by Crippen LogP contribution is -2.30. The van der Waals surface area contributed by atoms with Crippen LogP contribution >= 0.6 is 0 Å². The first-order valence-electron chi connectivity index (χ1n) is 14.0. The molecule has 5 rings (SSSR count). The van der Waals surface area contributed by atoms with E-state index >= 15 is 0 Å². The van der Waals surface area contributed by atoms with Crippen LogP contribution in [0.4, 0.5) is 11.8 Å². The molecule has 1 fully saturated rings. The normalized spacial score (nSPS) is 15.5. The van der Waals surface area contributed by atoms with Crippen molar-refractivity contribution in [3.63, 3.8) is 0 Å². The number of methoxy groups -OCH3 is 1. The van der Waals surface area contributed by atoms with Crippen molar-refractivity contribution < 1.29 is 9.84 Å². The third kappa shape index (κ3) is 6.79. The molecular weight excluding hydrogens is 490 g/mol. The molecule has 1 aliphatic rings. The second kappa shape index (κ2) is 13.6. The third-order valence-electron chi connectivity index (χ3n) is 7.10. The minimum Gasteiger partial charge on any atom is -0.496 e. The molecule has 5 N–H and O–H groups in total. The summed E-state index contributed by atoms with van der Waals surface area (Å²) in [5.41, 5.74) is 11.5. The number of nitrogens with two attached hydrogens (primary N) is 1. The zero-order valence-corrected chi connectivity index (χ0v) is 23.7. The maximum atomic E-state index is 7.57. The summed E-state index contributed by atoms with van der Waals surface area (Å²) in [7, 11) is 3.92. The number of ether oxygens (including phenoxy) is 1. The highest BCUT2D eigenvalue weighted by molar-refractivity contribution is 6.09. The smallest absolute Gasteiger partial charge is 0.222 e. The van der Waals surface area contributed by atoms with Crippen molar-refractivity contribution in [3.8, 4) is 5.75 Å². The van der Waals surface area contributed by atoms with Crippen molar-refractivity contribution in [2.24, 2.45) is 0 Å². The Bertz CT molecular complexity index is 1370. The van der Waals surface area contributed by atoms with Gasteiger partial charge < -0.3 is 35.7 Å². The van der Waals surface area contributed by atoms with Crippen LogP contribution in [0.5, 0.6) is 5.75 Å². The van der Waals surface area contributed by atoms with Gasteiger partial charge in [-0.05, 0) is 57.1 Å². The van der Waals surface area contributed by atoms with Crippen molar-refractivity contribution in [2.75, 3.05) is 51.4 Å². The minimum atomic E-state index is 0.250. The molecule has 4 aromatic rings. The number of aromatic nitrogens is 3. The Morgan fingerprint density at radius 2 is 1.95 bits per heavy atom. The number of hydrogen-bond donors (Lipinski definition) is 4. The second-order valence-corrected chi connectivity index (χ2v) is 10.1. The first kappa shape index (κ1) is 28.6. The number of benzene rings is 2. The van der Waals surface area contributed by atoms with Gasteiger partial charge in [-0.2, -0.15) is 4.98 Å². The summed E-state index contributed by atoms with van der Waals surface area (Å²) >= 11 is 0. The zero-order valence-electron chi connectivity index (χ0n) is 23.7. The summed E-state index contributed by atoms with van der Waals surface area (Å²) in [6.45, 7) is 8.68. The van der Waals surface area contributed by atoms with Crippen LogP contribution in [0, 0.1) is 0 Å². The molecule has 9 heteroatoms. The second-order valence-electron chi connectivity index (χ2n) is 10.1. The first-order valence-corrected chi connectivity index (χ1v) is 14.0. The zero-order chi connectivity index (χ0) is 27.8. The third-order valence-corrected chi connectivity index (χ3v) is 7.10. The van der Waals surface area contributed by atoms with Gasteiger partial charge in [-0.3, -0.25) is 0 Å². The average molecular weight is 534 g/mol. The summed E-state index contributed by atoms with van der Waals surface area (Å²) in [6, 6.07) is 15.4. The van der Waals surface area contributed by atoms with Gasteiger partial charge in [-0.15, -0.1) is 0 Å². The number of para-hydroxylation sites is 1. The van der Waals surface area contributed by atoms with Gasteiger partial charge >= 0.3 is 0 Å². The van der Waals surface area contributed by atoms with Crippen molar-refractivity contribution >= 4 is 33.7 Å². The predicted octanol–water partition coefficient (Wildman–Crippen LogP) is 4.23. The van der Waals surface area contributed by atoms with E-state index in [0.29, 0.717) is 12.6 Å². The lowest BCUT2D eigenvalue weighted by molar-refractivity contribution is 0.318. The molecule has 2 aromatic carbocycles. The van der Waals surface area contributed by atoms with Crippen LogP contribution in [-0.4, -0.2) is 71.0 Å². The van der Waals surface area contributed by atoms with Gasteiger partial charge in [0, 0.05) is 43.2 Å². The maximum absolute atomic E-state index is 7.57. The molecular formula is C30H43N7O2. The molecule has 0 bridgehead atoms. The van der Waals surface area contributed by atoms with Gasteiger partial charge in [-0.1, -0.05) is 37.6 Å². The highest BCUT2D eigenvalue weighted by Gasteiger charge is 2.20. The molecule has 39 heavy (non-hydrogen) atoms. The number of nitrogens with one attached hydrogen (secondary N) is 2. The number of aliphatic hydroxyl groups is 1. The lowest BCUT2D eigenvalue weighted by atomic mass is 10.1. The Kier molecular flexibility index (Phi) is 9.97. The Hall–Kier alpha value is -3.40. The summed E-state index contributed by atoms with van der Waals surface area (Å²) in [5.74, 6) is 1.94. The molecule has 0 saturated carbocycles. The summed E-state index contributed by atoms with van der Waals surface area (Å²) in [4.78, 5) is 11.6. The van der Waals surface area contributed by atoms with E-state index in [4.69, 9.17) is 15.6 Å². The SMILES string of the molecule is CCCCNc1nc(N)nc2c3ccccc3n(Cc3cc(CNC4CCN(C)C4)ccc3OC)c12.CCO. The van der Waals surface area contributed by atoms with Gasteiger partial charge in [0.2, 0.25) is 5.95 Å². The van der Waals surface area contributed by atoms with Crippen LogP contribution < -0.4 is 21.1 Å². The number of rotatable bonds is 10. The van der Waals surface area contributed by atoms with E-state index in [-0.39, 0.29) is 12.6 Å². The first-order chi connectivity index (χ1) is 19.0. The number of hydrogen-bond acceptors (Lipinski definition) is 8. The number of nitrogen functional groups attached to an aromatic ring is 1. The molecule has 2 aromatic heterocycles. The molecule has 1 unspecified atom stereocenters. The van der Waals surface area contributed by atoms with Crippen molar-refractivity contribution in [1.29, 1.82) is 0 Å². The van der Waals surface area contributed by atoms with Crippen molar-refractivity contribution in [2.45, 2.75) is 52.2 Å². The minimum absolute atomic E-state index is 0.250. The van der Waals surface area contributed by atoms with Crippen molar-refractivity contribution in [3.05, 3.63) is 53.6 Å². The molecule has 1 atom stereocenters. The summed E-state index contributed by atoms with van der Waals surface area (Å²) < 4.78 is 8.08. The number of unbranched alkanes of at least 4 members (excludes halogenated alkanes) is 1. The lowest BCUT2D eigenvalue weighted by Gasteiger charge is -2.17. The maximum Gasteiger partial charge on any atom is 0.222 e. The Labute approximate surface area is 231 Å². The van der Waals surface area contributed by atoms with Gasteiger partial charge in [-0.25, -0.2) is 4.98 Å². The fourth-order valence-corrected chi connectivity index (χ4v) is 5.22. The summed E-state index contributed by atoms with van der Waals surface area (Å²) in [5, 5.41) is 15.9. The van der Waals surface area contributed by atoms with E-state index in [1.54, 1.807) is 14.0 Å². The fourth-order valence-electron chi connectivity index (χ4n) is 5.22. The quantitative estimate of drug-likeness (QED) is 0.224. The number of fused-ring (bicyclic) bond motifs is 3. The molecule has 0 amide bonds. The van der Waals surface area contributed by atoms with Crippen LogP contribution in [0.3, 0.4) is 0 Å². The number of nitrogens with zero attached hydrogens (tertiary/aromatic N) is 4. The molecule has 0 radical (unpaired) electrons. The average Bonchev–Trinajstić information content (AvgIpc) is 3.49. The fraction of sp³-hybridized carbons (Fsp3) is 0.467. The van der Waals surface area contributed by atoms with Gasteiger partial charge in [0.25, 0.3) is 0 Å². The molecule has 210 valence electrons. The van der Waals surface area contributed by atoms with Crippen LogP contribution in [0.25, 0.3) is 21.9 Å². The van der Waals surface area contributed by atoms with Crippen LogP contribution in [-0.2, 0) is 13.1 Å². The van der Waals surface area contributed by atoms with Gasteiger partial charge in [0.15, 0.2) is 5.82 Å². The standard InChI is InChI=1S/C28H37N7O.C2H6O/c1-4-5-13-30-27-26-25(32-28(29)33-27)22-8-6-7-9-23(22)35(26)17-20-15-19(10-11-24(20)36-3)16-31-21-12-14-34(2)18-21;1-2-3/h6-11,15,21,31H,4-5,12-14,16-18H2,1-3H3,(H3,29,30,32,33);3H,2H2,1H3. The Balaban J connectivity index is 0.00000112. The number of likely N-dealkylation sites (tertiary alicyclic amines) is 1.